The van der Waals surface area contributed by atoms with E-state index in [1.807, 2.05) is 0 Å². The highest BCUT2D eigenvalue weighted by Gasteiger charge is 2.34. The van der Waals surface area contributed by atoms with Crippen LogP contribution in [0.5, 0.6) is 0 Å². The number of para-hydroxylation sites is 1. The van der Waals surface area contributed by atoms with Crippen molar-refractivity contribution in [3.8, 4) is 0 Å². The van der Waals surface area contributed by atoms with E-state index in [9.17, 15) is 9.59 Å². The van der Waals surface area contributed by atoms with Crippen molar-refractivity contribution < 1.29 is 14.7 Å². The van der Waals surface area contributed by atoms with Crippen LogP contribution in [-0.2, 0) is 4.79 Å². The summed E-state index contributed by atoms with van der Waals surface area (Å²) in [6.07, 6.45) is -1.09. The molecular formula is C12H12Cl3N3O3S. The molecule has 4 N–H and O–H groups in total. The molecule has 0 saturated carbocycles. The molecule has 0 fully saturated rings. The number of anilines is 1. The van der Waals surface area contributed by atoms with Gasteiger partial charge in [-0.25, -0.2) is 4.79 Å². The van der Waals surface area contributed by atoms with Gasteiger partial charge in [-0.2, -0.15) is 0 Å². The first-order valence-electron chi connectivity index (χ1n) is 5.85. The average Bonchev–Trinajstić information content (AvgIpc) is 2.36. The van der Waals surface area contributed by atoms with Crippen molar-refractivity contribution >= 4 is 69.7 Å². The number of benzene rings is 1. The molecule has 0 heterocycles. The summed E-state index contributed by atoms with van der Waals surface area (Å²) in [4.78, 5) is 22.2. The van der Waals surface area contributed by atoms with Crippen LogP contribution in [0.4, 0.5) is 5.69 Å². The minimum Gasteiger partial charge on any atom is -0.478 e. The van der Waals surface area contributed by atoms with Gasteiger partial charge in [0, 0.05) is 6.92 Å². The van der Waals surface area contributed by atoms with Gasteiger partial charge in [-0.1, -0.05) is 46.9 Å². The molecule has 0 saturated heterocycles. The predicted octanol–water partition coefficient (Wildman–Crippen LogP) is 2.50. The van der Waals surface area contributed by atoms with E-state index in [1.165, 1.54) is 19.1 Å². The van der Waals surface area contributed by atoms with Crippen molar-refractivity contribution in [2.75, 3.05) is 5.32 Å². The van der Waals surface area contributed by atoms with E-state index in [2.05, 4.69) is 16.0 Å². The number of amides is 1. The fourth-order valence-corrected chi connectivity index (χ4v) is 2.03. The van der Waals surface area contributed by atoms with Gasteiger partial charge in [0.1, 0.15) is 6.17 Å². The zero-order valence-electron chi connectivity index (χ0n) is 11.2. The number of carbonyl (C=O) groups excluding carboxylic acids is 1. The van der Waals surface area contributed by atoms with Crippen LogP contribution in [0.3, 0.4) is 0 Å². The lowest BCUT2D eigenvalue weighted by Crippen LogP contribution is -2.55. The van der Waals surface area contributed by atoms with Crippen molar-refractivity contribution in [2.45, 2.75) is 16.9 Å². The van der Waals surface area contributed by atoms with E-state index in [0.717, 1.165) is 0 Å². The third kappa shape index (κ3) is 5.84. The molecule has 0 aliphatic rings. The second kappa shape index (κ2) is 7.82. The number of carboxylic acid groups (broad SMARTS) is 1. The van der Waals surface area contributed by atoms with E-state index in [1.54, 1.807) is 12.1 Å². The molecule has 0 aliphatic carbocycles. The van der Waals surface area contributed by atoms with Crippen molar-refractivity contribution in [3.05, 3.63) is 29.8 Å². The Morgan fingerprint density at radius 2 is 1.82 bits per heavy atom. The number of aromatic carboxylic acids is 1. The minimum absolute atomic E-state index is 0.0150. The number of carbonyl (C=O) groups is 2. The molecule has 10 heteroatoms. The lowest BCUT2D eigenvalue weighted by atomic mass is 10.2. The number of carboxylic acids is 1. The molecule has 1 amide bonds. The molecular weight excluding hydrogens is 373 g/mol. The number of alkyl halides is 3. The van der Waals surface area contributed by atoms with E-state index in [4.69, 9.17) is 52.1 Å². The fourth-order valence-electron chi connectivity index (χ4n) is 1.47. The molecule has 1 atom stereocenters. The van der Waals surface area contributed by atoms with Crippen LogP contribution < -0.4 is 16.0 Å². The molecule has 120 valence electrons. The van der Waals surface area contributed by atoms with Gasteiger partial charge in [-0.3, -0.25) is 4.79 Å². The Labute approximate surface area is 147 Å². The van der Waals surface area contributed by atoms with Crippen LogP contribution >= 0.6 is 47.0 Å². The fraction of sp³-hybridized carbons (Fsp3) is 0.250. The van der Waals surface area contributed by atoms with Gasteiger partial charge < -0.3 is 21.1 Å². The molecule has 22 heavy (non-hydrogen) atoms. The zero-order valence-corrected chi connectivity index (χ0v) is 14.3. The first kappa shape index (κ1) is 18.8. The third-order valence-electron chi connectivity index (χ3n) is 2.36. The van der Waals surface area contributed by atoms with Crippen molar-refractivity contribution in [2.24, 2.45) is 0 Å². The number of halogens is 3. The number of nitrogens with one attached hydrogen (secondary N) is 3. The molecule has 0 spiro atoms. The normalized spacial score (nSPS) is 12.2. The van der Waals surface area contributed by atoms with Gasteiger partial charge in [0.2, 0.25) is 9.70 Å². The van der Waals surface area contributed by atoms with Gasteiger partial charge in [0.15, 0.2) is 5.11 Å². The molecule has 6 nitrogen and oxygen atoms in total. The smallest absolute Gasteiger partial charge is 0.337 e. The van der Waals surface area contributed by atoms with Crippen molar-refractivity contribution in [1.29, 1.82) is 0 Å². The van der Waals surface area contributed by atoms with Crippen LogP contribution in [0.25, 0.3) is 0 Å². The Kier molecular flexibility index (Phi) is 6.67. The van der Waals surface area contributed by atoms with Crippen LogP contribution in [0.15, 0.2) is 24.3 Å². The third-order valence-corrected chi connectivity index (χ3v) is 3.23. The standard InChI is InChI=1S/C12H12Cl3N3O3S/c1-6(19)16-10(12(13,14)15)18-11(22)17-8-5-3-2-4-7(8)9(20)21/h2-5,10H,1H3,(H,16,19)(H,20,21)(H2,17,18,22)/t10-/m0/s1. The SMILES string of the molecule is CC(=O)N[C@@H](NC(=S)Nc1ccccc1C(=O)O)C(Cl)(Cl)Cl. The lowest BCUT2D eigenvalue weighted by Gasteiger charge is -2.27. The molecule has 0 aromatic heterocycles. The van der Waals surface area contributed by atoms with E-state index in [-0.39, 0.29) is 16.4 Å². The summed E-state index contributed by atoms with van der Waals surface area (Å²) in [6.45, 7) is 1.25. The Hall–Kier alpha value is -1.28. The summed E-state index contributed by atoms with van der Waals surface area (Å²) in [7, 11) is 0. The summed E-state index contributed by atoms with van der Waals surface area (Å²) >= 11 is 22.3. The monoisotopic (exact) mass is 383 g/mol. The Morgan fingerprint density at radius 1 is 1.23 bits per heavy atom. The quantitative estimate of drug-likeness (QED) is 0.362. The number of rotatable bonds is 4. The Balaban J connectivity index is 2.84. The highest BCUT2D eigenvalue weighted by atomic mass is 35.6. The first-order chi connectivity index (χ1) is 10.1. The Bertz CT molecular complexity index is 592. The topological polar surface area (TPSA) is 90.5 Å². The molecule has 1 aromatic carbocycles. The molecule has 0 unspecified atom stereocenters. The lowest BCUT2D eigenvalue weighted by molar-refractivity contribution is -0.119. The first-order valence-corrected chi connectivity index (χ1v) is 7.39. The number of hydrogen-bond acceptors (Lipinski definition) is 3. The van der Waals surface area contributed by atoms with E-state index >= 15 is 0 Å². The molecule has 1 rings (SSSR count). The summed E-state index contributed by atoms with van der Waals surface area (Å²) in [5.41, 5.74) is 0.287. The van der Waals surface area contributed by atoms with E-state index < -0.39 is 21.8 Å². The molecule has 0 bridgehead atoms. The van der Waals surface area contributed by atoms with Gasteiger partial charge >= 0.3 is 5.97 Å². The summed E-state index contributed by atoms with van der Waals surface area (Å²) in [5.74, 6) is -1.55. The maximum absolute atomic E-state index is 11.1. The zero-order chi connectivity index (χ0) is 16.9. The van der Waals surface area contributed by atoms with Crippen LogP contribution in [0, 0.1) is 0 Å². The predicted molar refractivity (Wildman–Crippen MR) is 90.7 cm³/mol. The van der Waals surface area contributed by atoms with Gasteiger partial charge in [0.05, 0.1) is 11.3 Å². The van der Waals surface area contributed by atoms with Gasteiger partial charge in [-0.05, 0) is 24.4 Å². The van der Waals surface area contributed by atoms with Gasteiger partial charge in [0.25, 0.3) is 0 Å². The largest absolute Gasteiger partial charge is 0.478 e. The second-order valence-electron chi connectivity index (χ2n) is 4.12. The molecule has 0 aliphatic heterocycles. The van der Waals surface area contributed by atoms with Crippen LogP contribution in [0.1, 0.15) is 17.3 Å². The second-order valence-corrected chi connectivity index (χ2v) is 6.90. The van der Waals surface area contributed by atoms with Crippen LogP contribution in [-0.4, -0.2) is 32.1 Å². The highest BCUT2D eigenvalue weighted by molar-refractivity contribution is 7.80. The molecule has 0 radical (unpaired) electrons. The molecule has 1 aromatic rings. The van der Waals surface area contributed by atoms with Crippen molar-refractivity contribution in [1.82, 2.24) is 10.6 Å². The average molecular weight is 385 g/mol. The maximum atomic E-state index is 11.1. The van der Waals surface area contributed by atoms with E-state index in [0.29, 0.717) is 0 Å². The number of hydrogen-bond donors (Lipinski definition) is 4. The summed E-state index contributed by atoms with van der Waals surface area (Å²) in [5, 5.41) is 16.7. The summed E-state index contributed by atoms with van der Waals surface area (Å²) < 4.78 is -1.86. The summed E-state index contributed by atoms with van der Waals surface area (Å²) in [6, 6.07) is 6.15. The highest BCUT2D eigenvalue weighted by Crippen LogP contribution is 2.29. The maximum Gasteiger partial charge on any atom is 0.337 e. The van der Waals surface area contributed by atoms with Crippen molar-refractivity contribution in [3.63, 3.8) is 0 Å². The van der Waals surface area contributed by atoms with Gasteiger partial charge in [-0.15, -0.1) is 0 Å². The number of thiocarbonyl (C=S) groups is 1. The Morgan fingerprint density at radius 3 is 2.32 bits per heavy atom. The minimum atomic E-state index is -1.86. The van der Waals surface area contributed by atoms with Crippen LogP contribution in [0.2, 0.25) is 0 Å².